The van der Waals surface area contributed by atoms with Crippen LogP contribution >= 0.6 is 11.8 Å². The number of thioether (sulfide) groups is 1. The summed E-state index contributed by atoms with van der Waals surface area (Å²) in [4.78, 5) is 34.3. The van der Waals surface area contributed by atoms with Crippen molar-refractivity contribution in [1.82, 2.24) is 0 Å². The predicted molar refractivity (Wildman–Crippen MR) is 78.8 cm³/mol. The maximum Gasteiger partial charge on any atom is 0.373 e. The summed E-state index contributed by atoms with van der Waals surface area (Å²) in [5.74, 6) is -1.85. The van der Waals surface area contributed by atoms with Crippen molar-refractivity contribution in [2.45, 2.75) is 50.6 Å². The lowest BCUT2D eigenvalue weighted by Crippen LogP contribution is -2.46. The number of hydrogen-bond acceptors (Lipinski definition) is 8. The predicted octanol–water partition coefficient (Wildman–Crippen LogP) is 1.40. The molecule has 0 fully saturated rings. The summed E-state index contributed by atoms with van der Waals surface area (Å²) in [5, 5.41) is 0.137. The molecule has 3 atom stereocenters. The van der Waals surface area contributed by atoms with Gasteiger partial charge < -0.3 is 18.9 Å². The molecule has 22 heavy (non-hydrogen) atoms. The molecule has 8 heteroatoms. The lowest BCUT2D eigenvalue weighted by atomic mass is 10.1. The first-order chi connectivity index (χ1) is 10.2. The summed E-state index contributed by atoms with van der Waals surface area (Å²) in [6.45, 7) is 6.34. The molecule has 124 valence electrons. The van der Waals surface area contributed by atoms with Gasteiger partial charge in [0, 0.05) is 25.2 Å². The van der Waals surface area contributed by atoms with Crippen molar-refractivity contribution in [3.63, 3.8) is 0 Å². The highest BCUT2D eigenvalue weighted by molar-refractivity contribution is 8.00. The van der Waals surface area contributed by atoms with E-state index in [0.29, 0.717) is 0 Å². The number of carbonyl (C=O) groups is 3. The summed E-state index contributed by atoms with van der Waals surface area (Å²) in [6.07, 6.45) is -0.471. The number of ether oxygens (including phenoxy) is 4. The first-order valence-corrected chi connectivity index (χ1v) is 7.65. The van der Waals surface area contributed by atoms with Gasteiger partial charge in [0.25, 0.3) is 0 Å². The lowest BCUT2D eigenvalue weighted by Gasteiger charge is -2.35. The van der Waals surface area contributed by atoms with Crippen LogP contribution in [-0.2, 0) is 33.3 Å². The summed E-state index contributed by atoms with van der Waals surface area (Å²) < 4.78 is 20.5. The number of methoxy groups -OCH3 is 1. The maximum atomic E-state index is 11.7. The molecular formula is C14H20O7S. The molecule has 1 heterocycles. The highest BCUT2D eigenvalue weighted by Crippen LogP contribution is 2.33. The Morgan fingerprint density at radius 2 is 1.77 bits per heavy atom. The molecule has 0 saturated heterocycles. The Morgan fingerprint density at radius 1 is 1.18 bits per heavy atom. The number of carbonyl (C=O) groups excluding carboxylic acids is 3. The first kappa shape index (κ1) is 18.3. The van der Waals surface area contributed by atoms with Crippen LogP contribution in [0.15, 0.2) is 11.8 Å². The third kappa shape index (κ3) is 5.25. The smallest absolute Gasteiger partial charge is 0.373 e. The van der Waals surface area contributed by atoms with E-state index in [-0.39, 0.29) is 11.0 Å². The summed E-state index contributed by atoms with van der Waals surface area (Å²) in [7, 11) is 1.22. The van der Waals surface area contributed by atoms with Crippen LogP contribution in [-0.4, -0.2) is 47.9 Å². The standard InChI is InChI=1S/C14H20O7S/c1-7(2)22-14-12(20-9(4)16)10(19-8(3)15)6-11(21-14)13(17)18-5/h6-7,10,12,14H,1-5H3/t10-,12+,14-/m0/s1. The van der Waals surface area contributed by atoms with Gasteiger partial charge in [0.15, 0.2) is 17.6 Å². The van der Waals surface area contributed by atoms with Crippen molar-refractivity contribution in [1.29, 1.82) is 0 Å². The van der Waals surface area contributed by atoms with Gasteiger partial charge in [-0.05, 0) is 0 Å². The quantitative estimate of drug-likeness (QED) is 0.551. The second-order valence-corrected chi connectivity index (χ2v) is 6.52. The van der Waals surface area contributed by atoms with E-state index in [4.69, 9.17) is 14.2 Å². The molecule has 0 aromatic rings. The molecular weight excluding hydrogens is 312 g/mol. The molecule has 0 N–H and O–H groups in total. The third-order valence-corrected chi connectivity index (χ3v) is 3.72. The van der Waals surface area contributed by atoms with Gasteiger partial charge in [0.05, 0.1) is 7.11 Å². The Labute approximate surface area is 133 Å². The average Bonchev–Trinajstić information content (AvgIpc) is 2.39. The Morgan fingerprint density at radius 3 is 2.23 bits per heavy atom. The van der Waals surface area contributed by atoms with Crippen LogP contribution in [0.25, 0.3) is 0 Å². The van der Waals surface area contributed by atoms with Crippen LogP contribution in [0.1, 0.15) is 27.7 Å². The molecule has 0 amide bonds. The van der Waals surface area contributed by atoms with Crippen LogP contribution < -0.4 is 0 Å². The van der Waals surface area contributed by atoms with E-state index in [1.165, 1.54) is 38.8 Å². The summed E-state index contributed by atoms with van der Waals surface area (Å²) in [6, 6.07) is 0. The minimum absolute atomic E-state index is 0.0738. The van der Waals surface area contributed by atoms with Gasteiger partial charge in [-0.25, -0.2) is 4.79 Å². The van der Waals surface area contributed by atoms with Crippen molar-refractivity contribution < 1.29 is 33.3 Å². The van der Waals surface area contributed by atoms with Gasteiger partial charge in [0.1, 0.15) is 0 Å². The zero-order valence-electron chi connectivity index (χ0n) is 13.2. The first-order valence-electron chi connectivity index (χ1n) is 6.71. The highest BCUT2D eigenvalue weighted by Gasteiger charge is 2.42. The fourth-order valence-corrected chi connectivity index (χ4v) is 2.89. The van der Waals surface area contributed by atoms with Crippen molar-refractivity contribution >= 4 is 29.7 Å². The van der Waals surface area contributed by atoms with Crippen LogP contribution in [0.4, 0.5) is 0 Å². The highest BCUT2D eigenvalue weighted by atomic mass is 32.2. The Kier molecular flexibility index (Phi) is 6.73. The Balaban J connectivity index is 3.12. The Bertz CT molecular complexity index is 472. The molecule has 0 saturated carbocycles. The fourth-order valence-electron chi connectivity index (χ4n) is 1.83. The monoisotopic (exact) mass is 332 g/mol. The summed E-state index contributed by atoms with van der Waals surface area (Å²) >= 11 is 1.35. The van der Waals surface area contributed by atoms with E-state index in [9.17, 15) is 14.4 Å². The van der Waals surface area contributed by atoms with Crippen molar-refractivity contribution in [2.75, 3.05) is 7.11 Å². The van der Waals surface area contributed by atoms with Crippen LogP contribution in [0, 0.1) is 0 Å². The van der Waals surface area contributed by atoms with E-state index < -0.39 is 35.6 Å². The molecule has 0 aromatic heterocycles. The molecule has 0 aliphatic carbocycles. The van der Waals surface area contributed by atoms with E-state index >= 15 is 0 Å². The van der Waals surface area contributed by atoms with Crippen molar-refractivity contribution in [3.05, 3.63) is 11.8 Å². The second kappa shape index (κ2) is 8.07. The Hall–Kier alpha value is -1.70. The number of esters is 3. The van der Waals surface area contributed by atoms with Crippen molar-refractivity contribution in [3.8, 4) is 0 Å². The van der Waals surface area contributed by atoms with Crippen molar-refractivity contribution in [2.24, 2.45) is 0 Å². The van der Waals surface area contributed by atoms with E-state index in [1.54, 1.807) is 0 Å². The van der Waals surface area contributed by atoms with E-state index in [0.717, 1.165) is 0 Å². The lowest BCUT2D eigenvalue weighted by molar-refractivity contribution is -0.171. The van der Waals surface area contributed by atoms with E-state index in [2.05, 4.69) is 4.74 Å². The van der Waals surface area contributed by atoms with Gasteiger partial charge in [-0.3, -0.25) is 9.59 Å². The number of rotatable bonds is 5. The molecule has 1 aliphatic rings. The topological polar surface area (TPSA) is 88.1 Å². The molecule has 0 unspecified atom stereocenters. The molecule has 7 nitrogen and oxygen atoms in total. The molecule has 1 aliphatic heterocycles. The fraction of sp³-hybridized carbons (Fsp3) is 0.643. The molecule has 0 bridgehead atoms. The second-order valence-electron chi connectivity index (χ2n) is 4.84. The number of hydrogen-bond donors (Lipinski definition) is 0. The van der Waals surface area contributed by atoms with Crippen LogP contribution in [0.5, 0.6) is 0 Å². The largest absolute Gasteiger partial charge is 0.468 e. The van der Waals surface area contributed by atoms with Gasteiger partial charge in [-0.2, -0.15) is 0 Å². The zero-order chi connectivity index (χ0) is 16.9. The molecule has 0 spiro atoms. The minimum atomic E-state index is -0.916. The third-order valence-electron chi connectivity index (χ3n) is 2.55. The van der Waals surface area contributed by atoms with Crippen LogP contribution in [0.3, 0.4) is 0 Å². The minimum Gasteiger partial charge on any atom is -0.468 e. The molecule has 0 radical (unpaired) electrons. The van der Waals surface area contributed by atoms with Gasteiger partial charge in [-0.15, -0.1) is 11.8 Å². The van der Waals surface area contributed by atoms with Gasteiger partial charge in [0.2, 0.25) is 5.76 Å². The van der Waals surface area contributed by atoms with Gasteiger partial charge >= 0.3 is 17.9 Å². The van der Waals surface area contributed by atoms with Crippen LogP contribution in [0.2, 0.25) is 0 Å². The summed E-state index contributed by atoms with van der Waals surface area (Å²) in [5.41, 5.74) is -0.688. The maximum absolute atomic E-state index is 11.7. The molecule has 1 rings (SSSR count). The SMILES string of the molecule is COC(=O)C1=C[C@H](OC(C)=O)[C@@H](OC(C)=O)[C@H](SC(C)C)O1. The zero-order valence-corrected chi connectivity index (χ0v) is 14.0. The average molecular weight is 332 g/mol. The van der Waals surface area contributed by atoms with E-state index in [1.807, 2.05) is 13.8 Å². The normalized spacial score (nSPS) is 24.1. The van der Waals surface area contributed by atoms with Gasteiger partial charge in [-0.1, -0.05) is 13.8 Å². The molecule has 0 aromatic carbocycles.